The average molecular weight is 367 g/mol. The summed E-state index contributed by atoms with van der Waals surface area (Å²) >= 11 is 0. The lowest BCUT2D eigenvalue weighted by Crippen LogP contribution is -2.44. The molecule has 0 heterocycles. The highest BCUT2D eigenvalue weighted by molar-refractivity contribution is 6.06. The molecule has 0 aliphatic carbocycles. The Morgan fingerprint density at radius 3 is 1.88 bits per heavy atom. The first-order valence-corrected chi connectivity index (χ1v) is 8.99. The van der Waals surface area contributed by atoms with Crippen LogP contribution in [0.3, 0.4) is 0 Å². The normalized spacial score (nSPS) is 11.7. The van der Waals surface area contributed by atoms with Crippen molar-refractivity contribution in [2.75, 3.05) is 18.9 Å². The zero-order valence-electron chi connectivity index (χ0n) is 16.3. The zero-order valence-corrected chi connectivity index (χ0v) is 16.3. The molecular weight excluding hydrogens is 337 g/mol. The highest BCUT2D eigenvalue weighted by Crippen LogP contribution is 2.30. The van der Waals surface area contributed by atoms with Crippen molar-refractivity contribution in [3.05, 3.63) is 29.6 Å². The minimum Gasteiger partial charge on any atom is -0.465 e. The van der Waals surface area contributed by atoms with Crippen LogP contribution in [0.1, 0.15) is 53.0 Å². The van der Waals surface area contributed by atoms with Gasteiger partial charge in [-0.2, -0.15) is 0 Å². The van der Waals surface area contributed by atoms with Crippen LogP contribution in [0.4, 0.5) is 10.1 Å². The number of rotatable bonds is 9. The Labute approximate surface area is 155 Å². The summed E-state index contributed by atoms with van der Waals surface area (Å²) < 4.78 is 24.5. The van der Waals surface area contributed by atoms with Crippen molar-refractivity contribution in [2.45, 2.75) is 52.9 Å². The van der Waals surface area contributed by atoms with Gasteiger partial charge in [0.2, 0.25) is 0 Å². The second-order valence-electron chi connectivity index (χ2n) is 7.50. The molecule has 0 bridgehead atoms. The molecular formula is C20H30FNO4. The quantitative estimate of drug-likeness (QED) is 0.407. The molecule has 0 amide bonds. The Kier molecular flexibility index (Phi) is 8.06. The third-order valence-corrected chi connectivity index (χ3v) is 4.25. The van der Waals surface area contributed by atoms with E-state index in [2.05, 4.69) is 0 Å². The van der Waals surface area contributed by atoms with Gasteiger partial charge in [-0.3, -0.25) is 9.59 Å². The first kappa shape index (κ1) is 21.9. The Bertz CT molecular complexity index is 602. The number of benzene rings is 1. The maximum Gasteiger partial charge on any atom is 0.327 e. The molecule has 0 atom stereocenters. The van der Waals surface area contributed by atoms with Gasteiger partial charge in [0, 0.05) is 0 Å². The van der Waals surface area contributed by atoms with Crippen molar-refractivity contribution in [3.63, 3.8) is 0 Å². The van der Waals surface area contributed by atoms with E-state index in [1.54, 1.807) is 0 Å². The number of ether oxygens (including phenoxy) is 2. The topological polar surface area (TPSA) is 78.6 Å². The van der Waals surface area contributed by atoms with Gasteiger partial charge in [-0.15, -0.1) is 0 Å². The van der Waals surface area contributed by atoms with Gasteiger partial charge in [-0.1, -0.05) is 33.8 Å². The standard InChI is InChI=1S/C20H30FNO4/c1-13(2)8-10-25-18(23)20(5,19(24)26-11-9-14(3)4)15-6-7-17(22)16(21)12-15/h6-7,12-14H,8-11,22H2,1-5H3. The molecule has 5 nitrogen and oxygen atoms in total. The maximum atomic E-state index is 13.9. The molecule has 0 aromatic heterocycles. The van der Waals surface area contributed by atoms with Gasteiger partial charge < -0.3 is 15.2 Å². The van der Waals surface area contributed by atoms with Gasteiger partial charge in [0.1, 0.15) is 5.82 Å². The molecule has 2 N–H and O–H groups in total. The van der Waals surface area contributed by atoms with Gasteiger partial charge in [0.15, 0.2) is 5.41 Å². The number of hydrogen-bond donors (Lipinski definition) is 1. The van der Waals surface area contributed by atoms with Crippen molar-refractivity contribution in [3.8, 4) is 0 Å². The largest absolute Gasteiger partial charge is 0.465 e. The zero-order chi connectivity index (χ0) is 19.9. The molecule has 0 spiro atoms. The van der Waals surface area contributed by atoms with Crippen molar-refractivity contribution in [1.82, 2.24) is 0 Å². The van der Waals surface area contributed by atoms with Crippen LogP contribution in [0.2, 0.25) is 0 Å². The monoisotopic (exact) mass is 367 g/mol. The van der Waals surface area contributed by atoms with E-state index in [1.807, 2.05) is 27.7 Å². The number of esters is 2. The Morgan fingerprint density at radius 2 is 1.50 bits per heavy atom. The molecule has 26 heavy (non-hydrogen) atoms. The number of hydrogen-bond acceptors (Lipinski definition) is 5. The Balaban J connectivity index is 3.08. The molecule has 0 radical (unpaired) electrons. The maximum absolute atomic E-state index is 13.9. The van der Waals surface area contributed by atoms with Crippen molar-refractivity contribution in [2.24, 2.45) is 11.8 Å². The lowest BCUT2D eigenvalue weighted by Gasteiger charge is -2.26. The second-order valence-corrected chi connectivity index (χ2v) is 7.50. The van der Waals surface area contributed by atoms with Crippen molar-refractivity contribution in [1.29, 1.82) is 0 Å². The summed E-state index contributed by atoms with van der Waals surface area (Å²) in [6.45, 7) is 9.77. The average Bonchev–Trinajstić information content (AvgIpc) is 2.55. The van der Waals surface area contributed by atoms with Crippen LogP contribution in [0, 0.1) is 17.7 Å². The summed E-state index contributed by atoms with van der Waals surface area (Å²) in [5.74, 6) is -1.51. The van der Waals surface area contributed by atoms with Crippen molar-refractivity contribution < 1.29 is 23.5 Å². The van der Waals surface area contributed by atoms with Gasteiger partial charge in [-0.25, -0.2) is 4.39 Å². The number of carbonyl (C=O) groups is 2. The molecule has 0 aliphatic rings. The summed E-state index contributed by atoms with van der Waals surface area (Å²) in [5.41, 5.74) is 3.86. The Hall–Kier alpha value is -2.11. The molecule has 0 fully saturated rings. The summed E-state index contributed by atoms with van der Waals surface area (Å²) in [6, 6.07) is 3.86. The van der Waals surface area contributed by atoms with Gasteiger partial charge in [-0.05, 0) is 49.3 Å². The highest BCUT2D eigenvalue weighted by atomic mass is 19.1. The van der Waals surface area contributed by atoms with Crippen LogP contribution in [0.25, 0.3) is 0 Å². The van der Waals surface area contributed by atoms with Crippen LogP contribution in [-0.4, -0.2) is 25.2 Å². The predicted octanol–water partition coefficient (Wildman–Crippen LogP) is 3.84. The molecule has 0 unspecified atom stereocenters. The summed E-state index contributed by atoms with van der Waals surface area (Å²) in [7, 11) is 0. The molecule has 0 saturated heterocycles. The van der Waals surface area contributed by atoms with E-state index in [9.17, 15) is 14.0 Å². The fourth-order valence-electron chi connectivity index (χ4n) is 2.22. The fraction of sp³-hybridized carbons (Fsp3) is 0.600. The van der Waals surface area contributed by atoms with Crippen LogP contribution in [-0.2, 0) is 24.5 Å². The van der Waals surface area contributed by atoms with Crippen LogP contribution in [0.15, 0.2) is 18.2 Å². The number of nitrogens with two attached hydrogens (primary N) is 1. The van der Waals surface area contributed by atoms with E-state index in [1.165, 1.54) is 19.1 Å². The van der Waals surface area contributed by atoms with Crippen LogP contribution in [0.5, 0.6) is 0 Å². The Morgan fingerprint density at radius 1 is 1.04 bits per heavy atom. The SMILES string of the molecule is CC(C)CCOC(=O)C(C)(C(=O)OCCC(C)C)c1ccc(N)c(F)c1. The first-order chi connectivity index (χ1) is 12.1. The van der Waals surface area contributed by atoms with Crippen LogP contribution >= 0.6 is 0 Å². The molecule has 1 aromatic rings. The third-order valence-electron chi connectivity index (χ3n) is 4.25. The molecule has 1 rings (SSSR count). The summed E-state index contributed by atoms with van der Waals surface area (Å²) in [5, 5.41) is 0. The number of halogens is 1. The second kappa shape index (κ2) is 9.55. The number of nitrogen functional groups attached to an aromatic ring is 1. The van der Waals surface area contributed by atoms with E-state index in [0.717, 1.165) is 6.07 Å². The third kappa shape index (κ3) is 5.71. The van der Waals surface area contributed by atoms with Gasteiger partial charge in [0.05, 0.1) is 18.9 Å². The minimum absolute atomic E-state index is 0.0579. The highest BCUT2D eigenvalue weighted by Gasteiger charge is 2.46. The molecule has 146 valence electrons. The smallest absolute Gasteiger partial charge is 0.327 e. The number of carbonyl (C=O) groups excluding carboxylic acids is 2. The van der Waals surface area contributed by atoms with Gasteiger partial charge in [0.25, 0.3) is 0 Å². The van der Waals surface area contributed by atoms with Crippen LogP contribution < -0.4 is 5.73 Å². The van der Waals surface area contributed by atoms with E-state index in [0.29, 0.717) is 24.7 Å². The summed E-state index contributed by atoms with van der Waals surface area (Å²) in [6.07, 6.45) is 1.33. The fourth-order valence-corrected chi connectivity index (χ4v) is 2.22. The number of anilines is 1. The molecule has 6 heteroatoms. The van der Waals surface area contributed by atoms with E-state index in [4.69, 9.17) is 15.2 Å². The van der Waals surface area contributed by atoms with Crippen molar-refractivity contribution >= 4 is 17.6 Å². The minimum atomic E-state index is -1.75. The lowest BCUT2D eigenvalue weighted by molar-refractivity contribution is -0.164. The first-order valence-electron chi connectivity index (χ1n) is 8.99. The summed E-state index contributed by atoms with van der Waals surface area (Å²) in [4.78, 5) is 25.4. The van der Waals surface area contributed by atoms with Gasteiger partial charge >= 0.3 is 11.9 Å². The van der Waals surface area contributed by atoms with E-state index in [-0.39, 0.29) is 24.5 Å². The molecule has 0 saturated carbocycles. The van der Waals surface area contributed by atoms with E-state index >= 15 is 0 Å². The molecule has 1 aromatic carbocycles. The predicted molar refractivity (Wildman–Crippen MR) is 99.0 cm³/mol. The lowest BCUT2D eigenvalue weighted by atomic mass is 9.82. The van der Waals surface area contributed by atoms with E-state index < -0.39 is 23.2 Å². The molecule has 0 aliphatic heterocycles.